The first-order valence-corrected chi connectivity index (χ1v) is 5.91. The number of nitrogens with zero attached hydrogens (tertiary/aromatic N) is 1. The molecule has 0 aliphatic carbocycles. The van der Waals surface area contributed by atoms with E-state index in [2.05, 4.69) is 10.3 Å². The molecular formula is C11H15N3O5. The second kappa shape index (κ2) is 5.37. The quantitative estimate of drug-likeness (QED) is 0.533. The number of H-pyrrole nitrogens is 1. The van der Waals surface area contributed by atoms with E-state index in [1.807, 2.05) is 0 Å². The minimum Gasteiger partial charge on any atom is -0.394 e. The van der Waals surface area contributed by atoms with Gasteiger partial charge in [0.2, 0.25) is 0 Å². The van der Waals surface area contributed by atoms with Crippen molar-refractivity contribution in [2.24, 2.45) is 0 Å². The van der Waals surface area contributed by atoms with E-state index in [0.717, 1.165) is 0 Å². The zero-order valence-electron chi connectivity index (χ0n) is 10.2. The second-order valence-corrected chi connectivity index (χ2v) is 4.52. The van der Waals surface area contributed by atoms with Crippen LogP contribution in [0.1, 0.15) is 23.3 Å². The standard InChI is InChI=1S/C11H15N3O5/c15-7-11(3-5-19-6-4-11)13-10(16)8-1-2-9(12-8)14(17)18/h1-2,12,15H,3-7H2,(H,13,16). The van der Waals surface area contributed by atoms with E-state index >= 15 is 0 Å². The SMILES string of the molecule is O=C(NC1(CO)CCOCC1)c1ccc([N+](=O)[O-])[nH]1. The molecule has 1 saturated heterocycles. The Bertz CT molecular complexity index is 478. The van der Waals surface area contributed by atoms with E-state index in [0.29, 0.717) is 26.1 Å². The largest absolute Gasteiger partial charge is 0.394 e. The monoisotopic (exact) mass is 269 g/mol. The molecule has 0 unspecified atom stereocenters. The van der Waals surface area contributed by atoms with Crippen LogP contribution in [-0.4, -0.2) is 46.3 Å². The van der Waals surface area contributed by atoms with Crippen molar-refractivity contribution >= 4 is 11.7 Å². The summed E-state index contributed by atoms with van der Waals surface area (Å²) in [4.78, 5) is 24.3. The summed E-state index contributed by atoms with van der Waals surface area (Å²) in [5, 5.41) is 22.7. The van der Waals surface area contributed by atoms with Gasteiger partial charge in [-0.2, -0.15) is 0 Å². The molecule has 0 aromatic carbocycles. The molecule has 8 nitrogen and oxygen atoms in total. The number of rotatable bonds is 4. The Balaban J connectivity index is 2.08. The highest BCUT2D eigenvalue weighted by Gasteiger charge is 2.34. The molecule has 2 heterocycles. The van der Waals surface area contributed by atoms with Gasteiger partial charge in [-0.25, -0.2) is 4.98 Å². The van der Waals surface area contributed by atoms with Gasteiger partial charge in [-0.05, 0) is 23.8 Å². The Kier molecular flexibility index (Phi) is 3.82. The van der Waals surface area contributed by atoms with Crippen molar-refractivity contribution in [3.05, 3.63) is 27.9 Å². The molecule has 1 aliphatic rings. The number of nitro groups is 1. The molecule has 8 heteroatoms. The number of aromatic amines is 1. The van der Waals surface area contributed by atoms with E-state index in [-0.39, 0.29) is 18.1 Å². The molecule has 0 spiro atoms. The maximum atomic E-state index is 12.0. The molecular weight excluding hydrogens is 254 g/mol. The lowest BCUT2D eigenvalue weighted by Gasteiger charge is -2.35. The van der Waals surface area contributed by atoms with Gasteiger partial charge in [0.25, 0.3) is 5.91 Å². The third-order valence-corrected chi connectivity index (χ3v) is 3.24. The van der Waals surface area contributed by atoms with Crippen molar-refractivity contribution in [2.45, 2.75) is 18.4 Å². The van der Waals surface area contributed by atoms with Crippen molar-refractivity contribution < 1.29 is 19.6 Å². The van der Waals surface area contributed by atoms with Gasteiger partial charge in [-0.3, -0.25) is 4.79 Å². The summed E-state index contributed by atoms with van der Waals surface area (Å²) in [7, 11) is 0. The van der Waals surface area contributed by atoms with Crippen molar-refractivity contribution in [1.29, 1.82) is 0 Å². The highest BCUT2D eigenvalue weighted by molar-refractivity contribution is 5.93. The molecule has 104 valence electrons. The number of amides is 1. The molecule has 0 bridgehead atoms. The Morgan fingerprint density at radius 1 is 1.53 bits per heavy atom. The Labute approximate surface area is 108 Å². The number of hydrogen-bond donors (Lipinski definition) is 3. The third kappa shape index (κ3) is 2.91. The second-order valence-electron chi connectivity index (χ2n) is 4.52. The Morgan fingerprint density at radius 2 is 2.21 bits per heavy atom. The molecule has 0 atom stereocenters. The lowest BCUT2D eigenvalue weighted by atomic mass is 9.91. The van der Waals surface area contributed by atoms with Crippen molar-refractivity contribution in [1.82, 2.24) is 10.3 Å². The van der Waals surface area contributed by atoms with Gasteiger partial charge >= 0.3 is 5.82 Å². The van der Waals surface area contributed by atoms with Crippen LogP contribution in [0.25, 0.3) is 0 Å². The van der Waals surface area contributed by atoms with Crippen LogP contribution < -0.4 is 5.32 Å². The lowest BCUT2D eigenvalue weighted by Crippen LogP contribution is -2.54. The van der Waals surface area contributed by atoms with Gasteiger partial charge in [0, 0.05) is 19.3 Å². The van der Waals surface area contributed by atoms with E-state index in [9.17, 15) is 20.0 Å². The van der Waals surface area contributed by atoms with Crippen molar-refractivity contribution in [3.63, 3.8) is 0 Å². The topological polar surface area (TPSA) is 117 Å². The number of ether oxygens (including phenoxy) is 1. The molecule has 3 N–H and O–H groups in total. The molecule has 1 fully saturated rings. The first kappa shape index (κ1) is 13.5. The number of aliphatic hydroxyl groups excluding tert-OH is 1. The summed E-state index contributed by atoms with van der Waals surface area (Å²) >= 11 is 0. The minimum absolute atomic E-state index is 0.103. The predicted octanol–water partition coefficient (Wildman–Crippen LogP) is 0.194. The summed E-state index contributed by atoms with van der Waals surface area (Å²) in [6.07, 6.45) is 1.02. The molecule has 0 saturated carbocycles. The van der Waals surface area contributed by atoms with Gasteiger partial charge in [0.1, 0.15) is 0 Å². The summed E-state index contributed by atoms with van der Waals surface area (Å²) < 4.78 is 5.19. The van der Waals surface area contributed by atoms with E-state index in [1.165, 1.54) is 12.1 Å². The minimum atomic E-state index is -0.713. The third-order valence-electron chi connectivity index (χ3n) is 3.24. The fourth-order valence-electron chi connectivity index (χ4n) is 2.02. The number of aromatic nitrogens is 1. The van der Waals surface area contributed by atoms with Crippen LogP contribution in [0.4, 0.5) is 5.82 Å². The van der Waals surface area contributed by atoms with Crippen LogP contribution in [-0.2, 0) is 4.74 Å². The molecule has 2 rings (SSSR count). The van der Waals surface area contributed by atoms with Crippen molar-refractivity contribution in [2.75, 3.05) is 19.8 Å². The van der Waals surface area contributed by atoms with Crippen LogP contribution in [0.3, 0.4) is 0 Å². The van der Waals surface area contributed by atoms with Crippen LogP contribution in [0.15, 0.2) is 12.1 Å². The van der Waals surface area contributed by atoms with Gasteiger partial charge < -0.3 is 25.3 Å². The molecule has 1 aromatic rings. The average Bonchev–Trinajstić information content (AvgIpc) is 2.89. The van der Waals surface area contributed by atoms with Gasteiger partial charge in [-0.15, -0.1) is 0 Å². The normalized spacial score (nSPS) is 17.9. The number of hydrogen-bond acceptors (Lipinski definition) is 5. The summed E-state index contributed by atoms with van der Waals surface area (Å²) in [6, 6.07) is 2.57. The van der Waals surface area contributed by atoms with Crippen LogP contribution >= 0.6 is 0 Å². The number of carbonyl (C=O) groups is 1. The molecule has 1 aliphatic heterocycles. The first-order chi connectivity index (χ1) is 9.06. The van der Waals surface area contributed by atoms with Gasteiger partial charge in [0.15, 0.2) is 5.69 Å². The lowest BCUT2D eigenvalue weighted by molar-refractivity contribution is -0.389. The van der Waals surface area contributed by atoms with Gasteiger partial charge in [0.05, 0.1) is 12.1 Å². The van der Waals surface area contributed by atoms with E-state index < -0.39 is 16.4 Å². The molecule has 1 aromatic heterocycles. The Hall–Kier alpha value is -1.93. The smallest absolute Gasteiger partial charge is 0.321 e. The highest BCUT2D eigenvalue weighted by Crippen LogP contribution is 2.21. The summed E-state index contributed by atoms with van der Waals surface area (Å²) in [6.45, 7) is 0.738. The molecule has 19 heavy (non-hydrogen) atoms. The predicted molar refractivity (Wildman–Crippen MR) is 64.8 cm³/mol. The highest BCUT2D eigenvalue weighted by atomic mass is 16.6. The van der Waals surface area contributed by atoms with Gasteiger partial charge in [-0.1, -0.05) is 0 Å². The average molecular weight is 269 g/mol. The molecule has 1 amide bonds. The summed E-state index contributed by atoms with van der Waals surface area (Å²) in [5.41, 5.74) is -0.610. The number of aliphatic hydroxyl groups is 1. The van der Waals surface area contributed by atoms with E-state index in [1.54, 1.807) is 0 Å². The maximum Gasteiger partial charge on any atom is 0.321 e. The van der Waals surface area contributed by atoms with Crippen LogP contribution in [0.2, 0.25) is 0 Å². The van der Waals surface area contributed by atoms with Crippen LogP contribution in [0.5, 0.6) is 0 Å². The Morgan fingerprint density at radius 3 is 2.74 bits per heavy atom. The number of nitrogens with one attached hydrogen (secondary N) is 2. The molecule has 0 radical (unpaired) electrons. The summed E-state index contributed by atoms with van der Waals surface area (Å²) in [5.74, 6) is -0.709. The maximum absolute atomic E-state index is 12.0. The van der Waals surface area contributed by atoms with Crippen molar-refractivity contribution in [3.8, 4) is 0 Å². The van der Waals surface area contributed by atoms with Crippen LogP contribution in [0, 0.1) is 10.1 Å². The number of carbonyl (C=O) groups excluding carboxylic acids is 1. The first-order valence-electron chi connectivity index (χ1n) is 5.91. The van der Waals surface area contributed by atoms with E-state index in [4.69, 9.17) is 4.74 Å². The zero-order chi connectivity index (χ0) is 13.9. The fourth-order valence-corrected chi connectivity index (χ4v) is 2.02. The fraction of sp³-hybridized carbons (Fsp3) is 0.545. The zero-order valence-corrected chi connectivity index (χ0v) is 10.2.